The molecule has 0 aliphatic heterocycles. The van der Waals surface area contributed by atoms with E-state index in [4.69, 9.17) is 9.47 Å². The molecule has 0 saturated carbocycles. The maximum atomic E-state index is 12.3. The number of amides is 1. The second kappa shape index (κ2) is 7.86. The van der Waals surface area contributed by atoms with Crippen molar-refractivity contribution in [1.82, 2.24) is 19.7 Å². The summed E-state index contributed by atoms with van der Waals surface area (Å²) in [5.41, 5.74) is 2.39. The molecule has 1 N–H and O–H groups in total. The van der Waals surface area contributed by atoms with E-state index >= 15 is 0 Å². The summed E-state index contributed by atoms with van der Waals surface area (Å²) >= 11 is 0. The van der Waals surface area contributed by atoms with Crippen LogP contribution in [-0.2, 0) is 4.79 Å². The van der Waals surface area contributed by atoms with Crippen molar-refractivity contribution in [1.29, 1.82) is 0 Å². The lowest BCUT2D eigenvalue weighted by Gasteiger charge is -2.10. The maximum absolute atomic E-state index is 12.3. The van der Waals surface area contributed by atoms with Crippen LogP contribution in [0.4, 0.5) is 5.82 Å². The molecule has 0 aliphatic rings. The van der Waals surface area contributed by atoms with E-state index in [9.17, 15) is 4.79 Å². The fourth-order valence-corrected chi connectivity index (χ4v) is 2.54. The van der Waals surface area contributed by atoms with Crippen LogP contribution in [0.25, 0.3) is 5.95 Å². The van der Waals surface area contributed by atoms with Crippen molar-refractivity contribution in [2.45, 2.75) is 20.8 Å². The molecule has 3 rings (SSSR count). The Morgan fingerprint density at radius 1 is 1.00 bits per heavy atom. The summed E-state index contributed by atoms with van der Waals surface area (Å²) in [4.78, 5) is 21.1. The minimum atomic E-state index is -0.309. The Bertz CT molecular complexity index is 930. The van der Waals surface area contributed by atoms with E-state index in [1.165, 1.54) is 4.68 Å². The number of carbonyl (C=O) groups excluding carboxylic acids is 1. The number of methoxy groups -OCH3 is 1. The third kappa shape index (κ3) is 4.60. The highest BCUT2D eigenvalue weighted by Crippen LogP contribution is 2.18. The van der Waals surface area contributed by atoms with E-state index in [1.54, 1.807) is 37.4 Å². The van der Waals surface area contributed by atoms with Crippen LogP contribution in [0.3, 0.4) is 0 Å². The zero-order valence-corrected chi connectivity index (χ0v) is 15.7. The van der Waals surface area contributed by atoms with Gasteiger partial charge in [-0.05, 0) is 51.1 Å². The Balaban J connectivity index is 1.70. The second-order valence-corrected chi connectivity index (χ2v) is 6.05. The minimum absolute atomic E-state index is 0.135. The summed E-state index contributed by atoms with van der Waals surface area (Å²) in [6.07, 6.45) is 0. The number of anilines is 1. The quantitative estimate of drug-likeness (QED) is 0.720. The van der Waals surface area contributed by atoms with E-state index in [2.05, 4.69) is 20.4 Å². The van der Waals surface area contributed by atoms with Crippen LogP contribution < -0.4 is 14.8 Å². The number of aryl methyl sites for hydroxylation is 3. The molecule has 0 spiro atoms. The van der Waals surface area contributed by atoms with Gasteiger partial charge in [0.15, 0.2) is 6.61 Å². The lowest BCUT2D eigenvalue weighted by atomic mass is 10.3. The second-order valence-electron chi connectivity index (χ2n) is 6.05. The van der Waals surface area contributed by atoms with E-state index in [0.29, 0.717) is 17.5 Å². The molecule has 0 fully saturated rings. The van der Waals surface area contributed by atoms with E-state index in [0.717, 1.165) is 22.8 Å². The van der Waals surface area contributed by atoms with Gasteiger partial charge in [0, 0.05) is 17.5 Å². The van der Waals surface area contributed by atoms with Crippen molar-refractivity contribution in [3.63, 3.8) is 0 Å². The first-order valence-corrected chi connectivity index (χ1v) is 8.40. The Morgan fingerprint density at radius 3 is 2.26 bits per heavy atom. The van der Waals surface area contributed by atoms with Gasteiger partial charge in [0.25, 0.3) is 11.9 Å². The summed E-state index contributed by atoms with van der Waals surface area (Å²) in [6.45, 7) is 5.47. The van der Waals surface area contributed by atoms with Crippen molar-refractivity contribution in [2.24, 2.45) is 0 Å². The number of nitrogens with one attached hydrogen (secondary N) is 1. The van der Waals surface area contributed by atoms with Gasteiger partial charge in [-0.25, -0.2) is 9.97 Å². The highest BCUT2D eigenvalue weighted by molar-refractivity contribution is 5.91. The van der Waals surface area contributed by atoms with Gasteiger partial charge in [-0.1, -0.05) is 0 Å². The van der Waals surface area contributed by atoms with Gasteiger partial charge in [-0.15, -0.1) is 0 Å². The zero-order chi connectivity index (χ0) is 19.4. The molecule has 0 aliphatic carbocycles. The number of aromatic nitrogens is 4. The van der Waals surface area contributed by atoms with Crippen molar-refractivity contribution >= 4 is 11.7 Å². The molecule has 1 amide bonds. The van der Waals surface area contributed by atoms with E-state index in [1.807, 2.05) is 26.8 Å². The first-order valence-electron chi connectivity index (χ1n) is 8.40. The Labute approximate surface area is 157 Å². The third-order valence-corrected chi connectivity index (χ3v) is 3.69. The number of ether oxygens (including phenoxy) is 2. The topological polar surface area (TPSA) is 91.2 Å². The van der Waals surface area contributed by atoms with Crippen LogP contribution in [0.15, 0.2) is 36.4 Å². The fourth-order valence-electron chi connectivity index (χ4n) is 2.54. The number of benzene rings is 1. The van der Waals surface area contributed by atoms with Crippen molar-refractivity contribution < 1.29 is 14.3 Å². The molecule has 0 saturated heterocycles. The normalized spacial score (nSPS) is 10.5. The lowest BCUT2D eigenvalue weighted by molar-refractivity contribution is -0.118. The molecule has 1 aromatic carbocycles. The SMILES string of the molecule is COc1ccc(OCC(=O)Nc2cc(C)nn2-c2nc(C)cc(C)n2)cc1. The molecular formula is C19H21N5O3. The van der Waals surface area contributed by atoms with Gasteiger partial charge in [0.2, 0.25) is 0 Å². The van der Waals surface area contributed by atoms with E-state index < -0.39 is 0 Å². The van der Waals surface area contributed by atoms with Gasteiger partial charge in [-0.3, -0.25) is 4.79 Å². The number of rotatable bonds is 6. The summed E-state index contributed by atoms with van der Waals surface area (Å²) < 4.78 is 12.1. The predicted molar refractivity (Wildman–Crippen MR) is 100 cm³/mol. The smallest absolute Gasteiger partial charge is 0.263 e. The number of carbonyl (C=O) groups is 1. The summed E-state index contributed by atoms with van der Waals surface area (Å²) in [7, 11) is 1.59. The standard InChI is InChI=1S/C19H21N5O3/c1-12-9-13(2)21-19(20-12)24-17(10-14(3)23-24)22-18(25)11-27-16-7-5-15(26-4)6-8-16/h5-10H,11H2,1-4H3,(H,22,25). The third-order valence-electron chi connectivity index (χ3n) is 3.69. The Kier molecular flexibility index (Phi) is 5.35. The molecule has 0 radical (unpaired) electrons. The zero-order valence-electron chi connectivity index (χ0n) is 15.7. The first kappa shape index (κ1) is 18.4. The molecule has 2 heterocycles. The molecule has 3 aromatic rings. The lowest BCUT2D eigenvalue weighted by Crippen LogP contribution is -2.22. The van der Waals surface area contributed by atoms with Gasteiger partial charge < -0.3 is 14.8 Å². The average Bonchev–Trinajstić information content (AvgIpc) is 3.00. The molecule has 8 heteroatoms. The van der Waals surface area contributed by atoms with Crippen LogP contribution in [0.5, 0.6) is 11.5 Å². The Morgan fingerprint density at radius 2 is 1.63 bits per heavy atom. The highest BCUT2D eigenvalue weighted by atomic mass is 16.5. The van der Waals surface area contributed by atoms with Crippen molar-refractivity contribution in [3.05, 3.63) is 53.5 Å². The van der Waals surface area contributed by atoms with Gasteiger partial charge in [-0.2, -0.15) is 9.78 Å². The monoisotopic (exact) mass is 367 g/mol. The number of hydrogen-bond donors (Lipinski definition) is 1. The summed E-state index contributed by atoms with van der Waals surface area (Å²) in [5, 5.41) is 7.17. The number of hydrogen-bond acceptors (Lipinski definition) is 6. The molecule has 27 heavy (non-hydrogen) atoms. The van der Waals surface area contributed by atoms with Gasteiger partial charge in [0.05, 0.1) is 12.8 Å². The van der Waals surface area contributed by atoms with E-state index in [-0.39, 0.29) is 12.5 Å². The molecule has 0 atom stereocenters. The van der Waals surface area contributed by atoms with Crippen LogP contribution in [-0.4, -0.2) is 39.4 Å². The molecular weight excluding hydrogens is 346 g/mol. The predicted octanol–water partition coefficient (Wildman–Crippen LogP) is 2.61. The molecule has 140 valence electrons. The minimum Gasteiger partial charge on any atom is -0.497 e. The fraction of sp³-hybridized carbons (Fsp3) is 0.263. The molecule has 8 nitrogen and oxygen atoms in total. The first-order chi connectivity index (χ1) is 12.9. The van der Waals surface area contributed by atoms with Crippen LogP contribution in [0, 0.1) is 20.8 Å². The van der Waals surface area contributed by atoms with Crippen molar-refractivity contribution in [3.8, 4) is 17.4 Å². The number of nitrogens with zero attached hydrogens (tertiary/aromatic N) is 4. The largest absolute Gasteiger partial charge is 0.497 e. The van der Waals surface area contributed by atoms with Crippen molar-refractivity contribution in [2.75, 3.05) is 19.0 Å². The average molecular weight is 367 g/mol. The van der Waals surface area contributed by atoms with Gasteiger partial charge >= 0.3 is 0 Å². The molecule has 0 unspecified atom stereocenters. The van der Waals surface area contributed by atoms with Crippen LogP contribution in [0.2, 0.25) is 0 Å². The van der Waals surface area contributed by atoms with Crippen LogP contribution >= 0.6 is 0 Å². The molecule has 0 bridgehead atoms. The summed E-state index contributed by atoms with van der Waals surface area (Å²) in [6, 6.07) is 10.6. The maximum Gasteiger partial charge on any atom is 0.263 e. The van der Waals surface area contributed by atoms with Crippen LogP contribution in [0.1, 0.15) is 17.1 Å². The Hall–Kier alpha value is -3.42. The van der Waals surface area contributed by atoms with Gasteiger partial charge in [0.1, 0.15) is 17.3 Å². The highest BCUT2D eigenvalue weighted by Gasteiger charge is 2.14. The molecule has 2 aromatic heterocycles. The summed E-state index contributed by atoms with van der Waals surface area (Å²) in [5.74, 6) is 1.89.